The number of nitrogens with one attached hydrogen (secondary N) is 1. The summed E-state index contributed by atoms with van der Waals surface area (Å²) in [6.07, 6.45) is 53.5. The Labute approximate surface area is 589 Å². The normalized spacial score (nSPS) is 27.4. The number of rotatable bonds is 58. The Morgan fingerprint density at radius 2 is 0.704 bits per heavy atom. The second-order valence-corrected chi connectivity index (χ2v) is 26.7. The fourth-order valence-electron chi connectivity index (χ4n) is 12.2. The Balaban J connectivity index is 1.35. The van der Waals surface area contributed by atoms with Crippen molar-refractivity contribution in [3.8, 4) is 0 Å². The molecule has 12 N–H and O–H groups in total. The van der Waals surface area contributed by atoms with Gasteiger partial charge in [-0.2, -0.15) is 0 Å². The van der Waals surface area contributed by atoms with Gasteiger partial charge in [0.15, 0.2) is 18.9 Å². The topological polar surface area (TPSA) is 307 Å². The van der Waals surface area contributed by atoms with Crippen molar-refractivity contribution in [3.63, 3.8) is 0 Å². The molecule has 564 valence electrons. The predicted octanol–water partition coefficient (Wildman–Crippen LogP) is 11.8. The van der Waals surface area contributed by atoms with Crippen molar-refractivity contribution in [2.75, 3.05) is 26.4 Å². The number of carbonyl (C=O) groups is 1. The van der Waals surface area contributed by atoms with Gasteiger partial charge in [-0.1, -0.05) is 271 Å². The van der Waals surface area contributed by atoms with Crippen molar-refractivity contribution in [1.82, 2.24) is 5.32 Å². The third-order valence-corrected chi connectivity index (χ3v) is 18.3. The molecule has 3 saturated heterocycles. The molecule has 0 saturated carbocycles. The molecule has 0 bridgehead atoms. The lowest BCUT2D eigenvalue weighted by molar-refractivity contribution is -0.379. The van der Waals surface area contributed by atoms with E-state index in [1.165, 1.54) is 116 Å². The van der Waals surface area contributed by atoms with Crippen molar-refractivity contribution in [2.24, 2.45) is 0 Å². The molecule has 3 heterocycles. The summed E-state index contributed by atoms with van der Waals surface area (Å²) in [5.41, 5.74) is 0. The van der Waals surface area contributed by atoms with Gasteiger partial charge in [0.1, 0.15) is 73.2 Å². The number of ether oxygens (including phenoxy) is 6. The van der Waals surface area contributed by atoms with E-state index in [1.54, 1.807) is 6.08 Å². The number of allylic oxidation sites excluding steroid dienone is 17. The van der Waals surface area contributed by atoms with Gasteiger partial charge in [-0.3, -0.25) is 4.79 Å². The highest BCUT2D eigenvalue weighted by Crippen LogP contribution is 2.33. The smallest absolute Gasteiger partial charge is 0.220 e. The number of hydrogen-bond donors (Lipinski definition) is 12. The van der Waals surface area contributed by atoms with Crippen LogP contribution in [0.15, 0.2) is 109 Å². The second kappa shape index (κ2) is 58.9. The quantitative estimate of drug-likeness (QED) is 0.0199. The van der Waals surface area contributed by atoms with Gasteiger partial charge in [-0.25, -0.2) is 0 Å². The summed E-state index contributed by atoms with van der Waals surface area (Å²) in [6, 6.07) is -0.981. The van der Waals surface area contributed by atoms with Gasteiger partial charge in [-0.15, -0.1) is 0 Å². The number of aliphatic hydroxyl groups is 11. The van der Waals surface area contributed by atoms with E-state index in [1.807, 2.05) is 6.08 Å². The third-order valence-electron chi connectivity index (χ3n) is 18.3. The van der Waals surface area contributed by atoms with Crippen LogP contribution in [0.5, 0.6) is 0 Å². The lowest BCUT2D eigenvalue weighted by atomic mass is 9.96. The van der Waals surface area contributed by atoms with E-state index >= 15 is 0 Å². The van der Waals surface area contributed by atoms with E-state index in [4.69, 9.17) is 28.4 Å². The fourth-order valence-corrected chi connectivity index (χ4v) is 12.2. The fraction of sp³-hybridized carbons (Fsp3) is 0.759. The van der Waals surface area contributed by atoms with Gasteiger partial charge in [0.25, 0.3) is 0 Å². The van der Waals surface area contributed by atoms with Crippen LogP contribution in [-0.4, -0.2) is 193 Å². The van der Waals surface area contributed by atoms with Crippen molar-refractivity contribution < 1.29 is 89.4 Å². The molecule has 0 spiro atoms. The largest absolute Gasteiger partial charge is 0.394 e. The molecule has 3 fully saturated rings. The number of amides is 1. The van der Waals surface area contributed by atoms with Crippen LogP contribution < -0.4 is 5.32 Å². The first kappa shape index (κ1) is 88.7. The number of carbonyl (C=O) groups excluding carboxylic acids is 1. The van der Waals surface area contributed by atoms with Crippen LogP contribution in [0.2, 0.25) is 0 Å². The summed E-state index contributed by atoms with van der Waals surface area (Å²) in [5, 5.41) is 121. The van der Waals surface area contributed by atoms with Crippen LogP contribution in [0.4, 0.5) is 0 Å². The highest BCUT2D eigenvalue weighted by molar-refractivity contribution is 5.76. The molecule has 17 atom stereocenters. The third kappa shape index (κ3) is 39.2. The summed E-state index contributed by atoms with van der Waals surface area (Å²) >= 11 is 0. The number of hydrogen-bond acceptors (Lipinski definition) is 18. The minimum Gasteiger partial charge on any atom is -0.394 e. The summed E-state index contributed by atoms with van der Waals surface area (Å²) in [6.45, 7) is 1.62. The first-order valence-electron chi connectivity index (χ1n) is 38.1. The van der Waals surface area contributed by atoms with E-state index in [9.17, 15) is 61.0 Å². The molecule has 98 heavy (non-hydrogen) atoms. The van der Waals surface area contributed by atoms with Gasteiger partial charge in [0.05, 0.1) is 38.6 Å². The van der Waals surface area contributed by atoms with Crippen LogP contribution in [0.25, 0.3) is 0 Å². The highest BCUT2D eigenvalue weighted by atomic mass is 16.8. The SMILES string of the molecule is CC/C=C\C/C=C\C/C=C\C/C=C\C/C=C\C/C=C\C/C=C\C/C=C\CCCCCCCCCCCCCCC(=O)NC(COC1OC(CO)C(OC2OC(CO)C(OC3OC(CO)C(O)C(O)C3O)C(O)C2O)C(O)C1O)C(O)/C=C/CCCCCCCCCCCCCCCC. The molecule has 19 heteroatoms. The molecule has 0 radical (unpaired) electrons. The molecule has 19 nitrogen and oxygen atoms in total. The Bertz CT molecular complexity index is 2200. The summed E-state index contributed by atoms with van der Waals surface area (Å²) in [4.78, 5) is 13.4. The van der Waals surface area contributed by atoms with Crippen LogP contribution in [0.3, 0.4) is 0 Å². The van der Waals surface area contributed by atoms with E-state index in [0.29, 0.717) is 6.42 Å². The Morgan fingerprint density at radius 3 is 1.10 bits per heavy atom. The Hall–Kier alpha value is -3.55. The maximum atomic E-state index is 13.4. The molecule has 1 amide bonds. The lowest BCUT2D eigenvalue weighted by Crippen LogP contribution is -2.66. The lowest BCUT2D eigenvalue weighted by Gasteiger charge is -2.48. The van der Waals surface area contributed by atoms with E-state index in [-0.39, 0.29) is 18.9 Å². The second-order valence-electron chi connectivity index (χ2n) is 26.7. The molecular weight excluding hydrogens is 1250 g/mol. The monoisotopic (exact) mass is 1390 g/mol. The van der Waals surface area contributed by atoms with Gasteiger partial charge in [-0.05, 0) is 83.5 Å². The van der Waals surface area contributed by atoms with E-state index in [2.05, 4.69) is 116 Å². The number of aliphatic hydroxyl groups excluding tert-OH is 11. The van der Waals surface area contributed by atoms with Crippen molar-refractivity contribution in [1.29, 1.82) is 0 Å². The van der Waals surface area contributed by atoms with E-state index in [0.717, 1.165) is 109 Å². The Kier molecular flexibility index (Phi) is 53.3. The standard InChI is InChI=1S/C79H135NO18/c1-3-5-7-9-11-13-15-17-19-21-22-23-24-25-26-27-28-29-30-31-32-33-34-35-36-37-38-39-40-41-43-45-47-49-51-53-55-57-67(85)80-62(63(84)56-54-52-50-48-46-44-42-20-18-16-14-12-10-8-6-4-2)61-93-77-73(91)70(88)75(65(59-82)95-77)98-79-74(92)71(89)76(66(60-83)96-79)97-78-72(90)69(87)68(86)64(58-81)94-78/h5,7,11,13,17,19,22-23,25-26,28-29,31-32,34-35,54,56,62-66,68-79,81-84,86-92H,3-4,6,8-10,12,14-16,18,20-21,24,27,30,33,36-53,55,57-61H2,1-2H3,(H,80,85)/b7-5-,13-11-,19-17-,23-22-,26-25-,29-28-,32-31-,35-34-,56-54+. The first-order valence-corrected chi connectivity index (χ1v) is 38.1. The average Bonchev–Trinajstić information content (AvgIpc) is 0.784. The molecule has 3 rings (SSSR count). The van der Waals surface area contributed by atoms with Crippen molar-refractivity contribution >= 4 is 5.91 Å². The van der Waals surface area contributed by atoms with Gasteiger partial charge >= 0.3 is 0 Å². The van der Waals surface area contributed by atoms with Crippen molar-refractivity contribution in [2.45, 2.75) is 356 Å². The average molecular weight is 1390 g/mol. The van der Waals surface area contributed by atoms with Gasteiger partial charge in [0.2, 0.25) is 5.91 Å². The molecule has 0 aromatic heterocycles. The molecule has 0 aromatic rings. The molecule has 0 aliphatic carbocycles. The minimum absolute atomic E-state index is 0.235. The predicted molar refractivity (Wildman–Crippen MR) is 387 cm³/mol. The minimum atomic E-state index is -1.98. The van der Waals surface area contributed by atoms with E-state index < -0.39 is 124 Å². The van der Waals surface area contributed by atoms with Crippen LogP contribution in [0.1, 0.15) is 251 Å². The molecule has 17 unspecified atom stereocenters. The number of unbranched alkanes of at least 4 members (excludes halogenated alkanes) is 26. The zero-order valence-electron chi connectivity index (χ0n) is 60.0. The van der Waals surface area contributed by atoms with Crippen LogP contribution in [0, 0.1) is 0 Å². The maximum Gasteiger partial charge on any atom is 0.220 e. The van der Waals surface area contributed by atoms with Gasteiger partial charge < -0.3 is 89.9 Å². The van der Waals surface area contributed by atoms with Crippen LogP contribution >= 0.6 is 0 Å². The molecule has 3 aliphatic rings. The first-order chi connectivity index (χ1) is 47.8. The molecule has 3 aliphatic heterocycles. The summed E-state index contributed by atoms with van der Waals surface area (Å²) < 4.78 is 34.4. The molecule has 0 aromatic carbocycles. The zero-order chi connectivity index (χ0) is 71.1. The Morgan fingerprint density at radius 1 is 0.378 bits per heavy atom. The summed E-state index contributed by atoms with van der Waals surface area (Å²) in [7, 11) is 0. The maximum absolute atomic E-state index is 13.4. The van der Waals surface area contributed by atoms with Crippen molar-refractivity contribution in [3.05, 3.63) is 109 Å². The zero-order valence-corrected chi connectivity index (χ0v) is 60.0. The summed E-state index contributed by atoms with van der Waals surface area (Å²) in [5.74, 6) is -0.281. The highest BCUT2D eigenvalue weighted by Gasteiger charge is 2.53. The van der Waals surface area contributed by atoms with Gasteiger partial charge in [0, 0.05) is 6.42 Å². The van der Waals surface area contributed by atoms with Crippen LogP contribution in [-0.2, 0) is 33.2 Å². The molecular formula is C79H135NO18.